The number of aliphatic carboxylic acids is 1. The SMILES string of the molecule is C=C(OC)C(=O)O.O=C(O)NC1CCNCC1. The fourth-order valence-electron chi connectivity index (χ4n) is 1.23. The largest absolute Gasteiger partial charge is 0.490 e. The lowest BCUT2D eigenvalue weighted by atomic mass is 10.1. The molecule has 17 heavy (non-hydrogen) atoms. The maximum Gasteiger partial charge on any atom is 0.404 e. The van der Waals surface area contributed by atoms with Gasteiger partial charge in [0.25, 0.3) is 0 Å². The Bertz CT molecular complexity index is 274. The van der Waals surface area contributed by atoms with Gasteiger partial charge in [-0.2, -0.15) is 0 Å². The fourth-order valence-corrected chi connectivity index (χ4v) is 1.23. The second-order valence-electron chi connectivity index (χ2n) is 3.41. The average Bonchev–Trinajstić information content (AvgIpc) is 2.29. The van der Waals surface area contributed by atoms with Gasteiger partial charge in [-0.3, -0.25) is 0 Å². The maximum atomic E-state index is 10.1. The zero-order valence-electron chi connectivity index (χ0n) is 9.73. The van der Waals surface area contributed by atoms with Crippen LogP contribution >= 0.6 is 0 Å². The van der Waals surface area contributed by atoms with E-state index in [0.29, 0.717) is 0 Å². The van der Waals surface area contributed by atoms with Crippen molar-refractivity contribution in [3.63, 3.8) is 0 Å². The molecule has 1 amide bonds. The molecule has 0 saturated carbocycles. The predicted octanol–water partition coefficient (Wildman–Crippen LogP) is 0.237. The smallest absolute Gasteiger partial charge is 0.404 e. The quantitative estimate of drug-likeness (QED) is 0.419. The summed E-state index contributed by atoms with van der Waals surface area (Å²) >= 11 is 0. The fraction of sp³-hybridized carbons (Fsp3) is 0.600. The number of methoxy groups -OCH3 is 1. The summed E-state index contributed by atoms with van der Waals surface area (Å²) in [7, 11) is 1.26. The van der Waals surface area contributed by atoms with Crippen LogP contribution in [-0.4, -0.2) is 48.5 Å². The topological polar surface area (TPSA) is 108 Å². The Hall–Kier alpha value is -1.76. The Morgan fingerprint density at radius 2 is 1.88 bits per heavy atom. The summed E-state index contributed by atoms with van der Waals surface area (Å²) in [5.74, 6) is -1.36. The number of piperidine rings is 1. The number of ether oxygens (including phenoxy) is 1. The van der Waals surface area contributed by atoms with Crippen molar-refractivity contribution < 1.29 is 24.5 Å². The van der Waals surface area contributed by atoms with E-state index in [9.17, 15) is 9.59 Å². The molecule has 0 aliphatic carbocycles. The van der Waals surface area contributed by atoms with E-state index >= 15 is 0 Å². The van der Waals surface area contributed by atoms with Gasteiger partial charge < -0.3 is 25.6 Å². The molecule has 1 aliphatic rings. The van der Waals surface area contributed by atoms with E-state index in [1.165, 1.54) is 7.11 Å². The summed E-state index contributed by atoms with van der Waals surface area (Å²) in [6, 6.07) is 0.166. The molecule has 7 nitrogen and oxygen atoms in total. The minimum Gasteiger partial charge on any atom is -0.490 e. The molecule has 0 atom stereocenters. The van der Waals surface area contributed by atoms with Crippen LogP contribution in [0.15, 0.2) is 12.3 Å². The highest BCUT2D eigenvalue weighted by Gasteiger charge is 2.13. The number of nitrogens with one attached hydrogen (secondary N) is 2. The van der Waals surface area contributed by atoms with Crippen LogP contribution in [0.25, 0.3) is 0 Å². The van der Waals surface area contributed by atoms with E-state index in [2.05, 4.69) is 21.9 Å². The first-order valence-corrected chi connectivity index (χ1v) is 5.13. The van der Waals surface area contributed by atoms with Gasteiger partial charge in [-0.15, -0.1) is 0 Å². The first-order valence-electron chi connectivity index (χ1n) is 5.13. The van der Waals surface area contributed by atoms with Gasteiger partial charge >= 0.3 is 12.1 Å². The van der Waals surface area contributed by atoms with Crippen molar-refractivity contribution in [3.05, 3.63) is 12.3 Å². The standard InChI is InChI=1S/C6H12N2O2.C4H6O3/c9-6(10)8-5-1-3-7-4-2-5;1-3(7-2)4(5)6/h5,7-8H,1-4H2,(H,9,10);1H2,2H3,(H,5,6). The highest BCUT2D eigenvalue weighted by molar-refractivity contribution is 5.83. The summed E-state index contributed by atoms with van der Waals surface area (Å²) in [6.07, 6.45) is 0.908. The zero-order valence-corrected chi connectivity index (χ0v) is 9.73. The molecule has 1 rings (SSSR count). The Morgan fingerprint density at radius 1 is 1.35 bits per heavy atom. The molecule has 98 valence electrons. The van der Waals surface area contributed by atoms with Crippen LogP contribution in [0, 0.1) is 0 Å². The van der Waals surface area contributed by atoms with Gasteiger partial charge in [0.15, 0.2) is 5.76 Å². The van der Waals surface area contributed by atoms with Crippen LogP contribution in [0.4, 0.5) is 4.79 Å². The monoisotopic (exact) mass is 246 g/mol. The molecule has 0 unspecified atom stereocenters. The Balaban J connectivity index is 0.000000325. The predicted molar refractivity (Wildman–Crippen MR) is 60.8 cm³/mol. The van der Waals surface area contributed by atoms with Crippen molar-refractivity contribution in [1.29, 1.82) is 0 Å². The van der Waals surface area contributed by atoms with Crippen LogP contribution < -0.4 is 10.6 Å². The second kappa shape index (κ2) is 8.40. The lowest BCUT2D eigenvalue weighted by Crippen LogP contribution is -2.42. The van der Waals surface area contributed by atoms with Gasteiger partial charge in [0.1, 0.15) is 0 Å². The van der Waals surface area contributed by atoms with Gasteiger partial charge in [0, 0.05) is 6.04 Å². The summed E-state index contributed by atoms with van der Waals surface area (Å²) < 4.78 is 4.22. The Morgan fingerprint density at radius 3 is 2.18 bits per heavy atom. The summed E-state index contributed by atoms with van der Waals surface area (Å²) in [4.78, 5) is 19.8. The molecule has 0 aromatic rings. The van der Waals surface area contributed by atoms with E-state index in [-0.39, 0.29) is 11.8 Å². The molecule has 1 aliphatic heterocycles. The summed E-state index contributed by atoms with van der Waals surface area (Å²) in [5.41, 5.74) is 0. The van der Waals surface area contributed by atoms with Gasteiger partial charge in [0.2, 0.25) is 0 Å². The molecule has 4 N–H and O–H groups in total. The number of carbonyl (C=O) groups is 2. The molecule has 0 aromatic heterocycles. The highest BCUT2D eigenvalue weighted by atomic mass is 16.5. The zero-order chi connectivity index (χ0) is 13.3. The van der Waals surface area contributed by atoms with Crippen molar-refractivity contribution in [2.75, 3.05) is 20.2 Å². The van der Waals surface area contributed by atoms with Crippen LogP contribution in [0.2, 0.25) is 0 Å². The summed E-state index contributed by atoms with van der Waals surface area (Å²) in [5, 5.41) is 21.9. The first kappa shape index (κ1) is 15.2. The number of carboxylic acid groups (broad SMARTS) is 2. The van der Waals surface area contributed by atoms with Crippen LogP contribution in [-0.2, 0) is 9.53 Å². The molecule has 1 heterocycles. The lowest BCUT2D eigenvalue weighted by Gasteiger charge is -2.21. The van der Waals surface area contributed by atoms with Crippen LogP contribution in [0.3, 0.4) is 0 Å². The van der Waals surface area contributed by atoms with Gasteiger partial charge in [-0.25, -0.2) is 9.59 Å². The highest BCUT2D eigenvalue weighted by Crippen LogP contribution is 2.00. The second-order valence-corrected chi connectivity index (χ2v) is 3.41. The summed E-state index contributed by atoms with van der Waals surface area (Å²) in [6.45, 7) is 4.89. The first-order chi connectivity index (χ1) is 7.97. The molecular formula is C10H18N2O5. The van der Waals surface area contributed by atoms with Crippen molar-refractivity contribution in [2.24, 2.45) is 0 Å². The van der Waals surface area contributed by atoms with Crippen molar-refractivity contribution >= 4 is 12.1 Å². The van der Waals surface area contributed by atoms with Crippen LogP contribution in [0.5, 0.6) is 0 Å². The maximum absolute atomic E-state index is 10.1. The molecule has 0 spiro atoms. The van der Waals surface area contributed by atoms with E-state index < -0.39 is 12.1 Å². The molecule has 1 saturated heterocycles. The third-order valence-corrected chi connectivity index (χ3v) is 2.15. The Labute approximate surface area is 99.5 Å². The molecule has 7 heteroatoms. The number of carboxylic acids is 1. The minimum absolute atomic E-state index is 0.166. The van der Waals surface area contributed by atoms with E-state index in [1.54, 1.807) is 0 Å². The van der Waals surface area contributed by atoms with Gasteiger partial charge in [0.05, 0.1) is 7.11 Å². The molecule has 0 aromatic carbocycles. The van der Waals surface area contributed by atoms with Gasteiger partial charge in [-0.1, -0.05) is 0 Å². The van der Waals surface area contributed by atoms with E-state index in [0.717, 1.165) is 25.9 Å². The van der Waals surface area contributed by atoms with E-state index in [1.807, 2.05) is 0 Å². The number of hydrogen-bond acceptors (Lipinski definition) is 4. The lowest BCUT2D eigenvalue weighted by molar-refractivity contribution is -0.136. The van der Waals surface area contributed by atoms with E-state index in [4.69, 9.17) is 10.2 Å². The normalized spacial score (nSPS) is 15.1. The number of rotatable bonds is 3. The number of amides is 1. The molecule has 0 bridgehead atoms. The average molecular weight is 246 g/mol. The third kappa shape index (κ3) is 8.09. The molecule has 1 fully saturated rings. The number of hydrogen-bond donors (Lipinski definition) is 4. The van der Waals surface area contributed by atoms with Crippen molar-refractivity contribution in [2.45, 2.75) is 18.9 Å². The molecular weight excluding hydrogens is 228 g/mol. The van der Waals surface area contributed by atoms with Crippen molar-refractivity contribution in [1.82, 2.24) is 10.6 Å². The Kier molecular flexibility index (Phi) is 7.53. The van der Waals surface area contributed by atoms with Gasteiger partial charge in [-0.05, 0) is 32.5 Å². The molecule has 0 radical (unpaired) electrons. The minimum atomic E-state index is -1.12. The van der Waals surface area contributed by atoms with Crippen LogP contribution in [0.1, 0.15) is 12.8 Å². The van der Waals surface area contributed by atoms with Crippen molar-refractivity contribution in [3.8, 4) is 0 Å². The third-order valence-electron chi connectivity index (χ3n) is 2.15.